The highest BCUT2D eigenvalue weighted by molar-refractivity contribution is 5.64. The summed E-state index contributed by atoms with van der Waals surface area (Å²) in [4.78, 5) is 0. The average molecular weight is 509 g/mol. The number of hydrogen-bond acceptors (Lipinski definition) is 2. The van der Waals surface area contributed by atoms with E-state index in [2.05, 4.69) is 4.74 Å². The second kappa shape index (κ2) is 10.9. The van der Waals surface area contributed by atoms with E-state index in [-0.39, 0.29) is 5.56 Å². The Bertz CT molecular complexity index is 1160. The number of rotatable bonds is 8. The smallest absolute Gasteiger partial charge is 0.429 e. The molecule has 0 amide bonds. The molecule has 0 aliphatic heterocycles. The van der Waals surface area contributed by atoms with Gasteiger partial charge in [0.25, 0.3) is 0 Å². The third-order valence-corrected chi connectivity index (χ3v) is 6.59. The van der Waals surface area contributed by atoms with Gasteiger partial charge in [-0.3, -0.25) is 0 Å². The summed E-state index contributed by atoms with van der Waals surface area (Å²) >= 11 is 0. The second-order valence-electron chi connectivity index (χ2n) is 9.01. The van der Waals surface area contributed by atoms with Gasteiger partial charge < -0.3 is 9.47 Å². The van der Waals surface area contributed by atoms with Gasteiger partial charge in [0, 0.05) is 19.3 Å². The SMILES string of the molecule is CCOCC1CCC(c2ccc(-c3cc(F)c(C(F)(F)Oc4ccc(F)c(F)c4)c(F)c3)cc2)CC1. The molecule has 0 radical (unpaired) electrons. The number of hydrogen-bond donors (Lipinski definition) is 0. The van der Waals surface area contributed by atoms with E-state index in [1.807, 2.05) is 19.1 Å². The van der Waals surface area contributed by atoms with E-state index < -0.39 is 40.7 Å². The summed E-state index contributed by atoms with van der Waals surface area (Å²) in [6, 6.07) is 10.5. The van der Waals surface area contributed by atoms with E-state index in [0.29, 0.717) is 36.1 Å². The summed E-state index contributed by atoms with van der Waals surface area (Å²) in [5.74, 6) is -5.56. The fourth-order valence-electron chi connectivity index (χ4n) is 4.65. The molecule has 0 heterocycles. The predicted molar refractivity (Wildman–Crippen MR) is 124 cm³/mol. The highest BCUT2D eigenvalue weighted by Gasteiger charge is 2.41. The first-order valence-corrected chi connectivity index (χ1v) is 11.9. The molecule has 3 aromatic rings. The monoisotopic (exact) mass is 508 g/mol. The molecule has 0 saturated heterocycles. The summed E-state index contributed by atoms with van der Waals surface area (Å²) in [7, 11) is 0. The quantitative estimate of drug-likeness (QED) is 0.285. The van der Waals surface area contributed by atoms with Crippen molar-refractivity contribution in [3.05, 3.63) is 89.0 Å². The van der Waals surface area contributed by atoms with Gasteiger partial charge in [0.2, 0.25) is 0 Å². The predicted octanol–water partition coefficient (Wildman–Crippen LogP) is 8.35. The van der Waals surface area contributed by atoms with Crippen LogP contribution in [0.25, 0.3) is 11.1 Å². The third-order valence-electron chi connectivity index (χ3n) is 6.59. The molecule has 0 spiro atoms. The standard InChI is InChI=1S/C28H26F6O2/c1-2-35-16-17-3-5-18(6-4-17)19-7-9-20(10-8-19)21-13-25(31)27(26(32)14-21)28(33,34)36-22-11-12-23(29)24(30)15-22/h7-15,17-18H,2-6,16H2,1H3. The first-order chi connectivity index (χ1) is 17.2. The zero-order valence-electron chi connectivity index (χ0n) is 19.7. The van der Waals surface area contributed by atoms with Gasteiger partial charge >= 0.3 is 6.11 Å². The van der Waals surface area contributed by atoms with Crippen molar-refractivity contribution < 1.29 is 35.8 Å². The molecule has 0 aromatic heterocycles. The van der Waals surface area contributed by atoms with Crippen LogP contribution in [0.15, 0.2) is 54.6 Å². The normalized spacial score (nSPS) is 18.3. The third kappa shape index (κ3) is 5.86. The maximum Gasteiger partial charge on any atom is 0.432 e. The molecule has 3 aromatic carbocycles. The van der Waals surface area contributed by atoms with Gasteiger partial charge in [0.05, 0.1) is 0 Å². The van der Waals surface area contributed by atoms with Crippen molar-refractivity contribution >= 4 is 0 Å². The fourth-order valence-corrected chi connectivity index (χ4v) is 4.65. The van der Waals surface area contributed by atoms with Gasteiger partial charge in [-0.2, -0.15) is 8.78 Å². The van der Waals surface area contributed by atoms with Crippen molar-refractivity contribution in [3.63, 3.8) is 0 Å². The number of ether oxygens (including phenoxy) is 2. The molecule has 0 unspecified atom stereocenters. The summed E-state index contributed by atoms with van der Waals surface area (Å²) < 4.78 is 94.7. The van der Waals surface area contributed by atoms with E-state index in [0.717, 1.165) is 56.1 Å². The first-order valence-electron chi connectivity index (χ1n) is 11.9. The van der Waals surface area contributed by atoms with Crippen LogP contribution in [-0.2, 0) is 10.8 Å². The Hall–Kier alpha value is -3.00. The van der Waals surface area contributed by atoms with Crippen LogP contribution in [0.2, 0.25) is 0 Å². The van der Waals surface area contributed by atoms with Crippen LogP contribution in [-0.4, -0.2) is 13.2 Å². The van der Waals surface area contributed by atoms with Crippen LogP contribution in [0.5, 0.6) is 5.75 Å². The van der Waals surface area contributed by atoms with E-state index >= 15 is 0 Å². The Balaban J connectivity index is 1.48. The molecule has 0 N–H and O–H groups in total. The van der Waals surface area contributed by atoms with Crippen LogP contribution in [0, 0.1) is 29.2 Å². The minimum atomic E-state index is -4.46. The summed E-state index contributed by atoms with van der Waals surface area (Å²) in [6.07, 6.45) is -0.248. The van der Waals surface area contributed by atoms with Gasteiger partial charge in [-0.25, -0.2) is 17.6 Å². The molecule has 2 nitrogen and oxygen atoms in total. The molecule has 1 fully saturated rings. The van der Waals surface area contributed by atoms with E-state index in [1.54, 1.807) is 12.1 Å². The lowest BCUT2D eigenvalue weighted by Crippen LogP contribution is -2.25. The Kier molecular flexibility index (Phi) is 7.93. The van der Waals surface area contributed by atoms with Crippen molar-refractivity contribution in [3.8, 4) is 16.9 Å². The Morgan fingerprint density at radius 1 is 0.750 bits per heavy atom. The minimum absolute atomic E-state index is 0.0874. The van der Waals surface area contributed by atoms with Gasteiger partial charge in [0.15, 0.2) is 11.6 Å². The van der Waals surface area contributed by atoms with Crippen molar-refractivity contribution in [2.24, 2.45) is 5.92 Å². The lowest BCUT2D eigenvalue weighted by atomic mass is 9.79. The van der Waals surface area contributed by atoms with Gasteiger partial charge in [0.1, 0.15) is 22.9 Å². The van der Waals surface area contributed by atoms with Crippen molar-refractivity contribution in [2.75, 3.05) is 13.2 Å². The fraction of sp³-hybridized carbons (Fsp3) is 0.357. The number of halogens is 6. The molecule has 0 bridgehead atoms. The topological polar surface area (TPSA) is 18.5 Å². The van der Waals surface area contributed by atoms with E-state index in [9.17, 15) is 26.3 Å². The van der Waals surface area contributed by atoms with E-state index in [4.69, 9.17) is 4.74 Å². The molecule has 192 valence electrons. The zero-order chi connectivity index (χ0) is 25.9. The summed E-state index contributed by atoms with van der Waals surface area (Å²) in [5.41, 5.74) is 0.0661. The zero-order valence-corrected chi connectivity index (χ0v) is 19.7. The summed E-state index contributed by atoms with van der Waals surface area (Å²) in [6.45, 7) is 3.47. The maximum absolute atomic E-state index is 14.7. The molecule has 36 heavy (non-hydrogen) atoms. The Labute approximate surface area is 205 Å². The first kappa shape index (κ1) is 26.1. The Morgan fingerprint density at radius 2 is 1.39 bits per heavy atom. The van der Waals surface area contributed by atoms with Gasteiger partial charge in [-0.1, -0.05) is 24.3 Å². The van der Waals surface area contributed by atoms with Crippen LogP contribution in [0.3, 0.4) is 0 Å². The van der Waals surface area contributed by atoms with Crippen molar-refractivity contribution in [1.82, 2.24) is 0 Å². The maximum atomic E-state index is 14.7. The highest BCUT2D eigenvalue weighted by atomic mass is 19.3. The Morgan fingerprint density at radius 3 is 1.97 bits per heavy atom. The van der Waals surface area contributed by atoms with Crippen molar-refractivity contribution in [2.45, 2.75) is 44.6 Å². The van der Waals surface area contributed by atoms with Crippen LogP contribution < -0.4 is 4.74 Å². The molecule has 1 saturated carbocycles. The van der Waals surface area contributed by atoms with Crippen LogP contribution in [0.1, 0.15) is 49.7 Å². The number of benzene rings is 3. The van der Waals surface area contributed by atoms with E-state index in [1.165, 1.54) is 0 Å². The molecule has 1 aliphatic rings. The van der Waals surface area contributed by atoms with Gasteiger partial charge in [-0.15, -0.1) is 0 Å². The largest absolute Gasteiger partial charge is 0.432 e. The molecule has 1 aliphatic carbocycles. The second-order valence-corrected chi connectivity index (χ2v) is 9.01. The minimum Gasteiger partial charge on any atom is -0.429 e. The summed E-state index contributed by atoms with van der Waals surface area (Å²) in [5, 5.41) is 0. The lowest BCUT2D eigenvalue weighted by molar-refractivity contribution is -0.189. The van der Waals surface area contributed by atoms with Crippen LogP contribution >= 0.6 is 0 Å². The molecule has 4 rings (SSSR count). The average Bonchev–Trinajstić information content (AvgIpc) is 2.84. The van der Waals surface area contributed by atoms with Gasteiger partial charge in [-0.05, 0) is 85.4 Å². The molecular weight excluding hydrogens is 482 g/mol. The number of alkyl halides is 2. The molecular formula is C28H26F6O2. The lowest BCUT2D eigenvalue weighted by Gasteiger charge is -2.28. The molecule has 8 heteroatoms. The highest BCUT2D eigenvalue weighted by Crippen LogP contribution is 2.39. The van der Waals surface area contributed by atoms with Crippen molar-refractivity contribution in [1.29, 1.82) is 0 Å². The molecule has 0 atom stereocenters. The van der Waals surface area contributed by atoms with Crippen LogP contribution in [0.4, 0.5) is 26.3 Å².